The van der Waals surface area contributed by atoms with E-state index < -0.39 is 29.0 Å². The van der Waals surface area contributed by atoms with Gasteiger partial charge >= 0.3 is 5.63 Å². The van der Waals surface area contributed by atoms with Crippen LogP contribution in [0.15, 0.2) is 57.3 Å². The number of methoxy groups -OCH3 is 1. The first-order valence-corrected chi connectivity index (χ1v) is 9.49. The molecule has 0 spiro atoms. The lowest BCUT2D eigenvalue weighted by atomic mass is 9.86. The highest BCUT2D eigenvalue weighted by molar-refractivity contribution is 5.48. The molecule has 6 heteroatoms. The molecule has 1 aromatic rings. The van der Waals surface area contributed by atoms with Crippen molar-refractivity contribution >= 4 is 6.08 Å². The summed E-state index contributed by atoms with van der Waals surface area (Å²) in [5.41, 5.74) is -1.35. The zero-order valence-corrected chi connectivity index (χ0v) is 17.8. The molecule has 1 fully saturated rings. The average molecular weight is 402 g/mol. The van der Waals surface area contributed by atoms with Crippen LogP contribution in [0.4, 0.5) is 0 Å². The minimum atomic E-state index is -1.30. The van der Waals surface area contributed by atoms with Crippen LogP contribution in [0.1, 0.15) is 39.0 Å². The van der Waals surface area contributed by atoms with Gasteiger partial charge in [-0.25, -0.2) is 4.79 Å². The molecule has 0 amide bonds. The van der Waals surface area contributed by atoms with Gasteiger partial charge in [-0.1, -0.05) is 36.0 Å². The van der Waals surface area contributed by atoms with E-state index in [4.69, 9.17) is 13.9 Å². The average Bonchev–Trinajstić information content (AvgIpc) is 2.80. The smallest absolute Gasteiger partial charge is 0.342 e. The van der Waals surface area contributed by atoms with Gasteiger partial charge in [0.25, 0.3) is 0 Å². The molecule has 0 bridgehead atoms. The topological polar surface area (TPSA) is 89.1 Å². The summed E-state index contributed by atoms with van der Waals surface area (Å²) in [7, 11) is 1.51. The highest BCUT2D eigenvalue weighted by Gasteiger charge is 2.55. The lowest BCUT2D eigenvalue weighted by molar-refractivity contribution is -0.0579. The van der Waals surface area contributed by atoms with Gasteiger partial charge in [0.1, 0.15) is 28.8 Å². The van der Waals surface area contributed by atoms with Crippen LogP contribution >= 0.6 is 0 Å². The molecule has 2 rings (SSSR count). The number of aliphatic hydroxyl groups excluding tert-OH is 1. The van der Waals surface area contributed by atoms with Gasteiger partial charge < -0.3 is 24.1 Å². The van der Waals surface area contributed by atoms with Gasteiger partial charge in [-0.15, -0.1) is 0 Å². The Kier molecular flexibility index (Phi) is 7.06. The maximum Gasteiger partial charge on any atom is 0.342 e. The SMILES string of the molecule is COc1cc(/C=C/C=C/C=C/C(C)=C/[C@@]2(C)O[C@@H](C)[C@@](C)(O)[C@@H]2O)oc(=O)c1C. The second-order valence-electron chi connectivity index (χ2n) is 7.69. The third-order valence-electron chi connectivity index (χ3n) is 5.20. The van der Waals surface area contributed by atoms with Crippen molar-refractivity contribution in [2.45, 2.75) is 58.0 Å². The van der Waals surface area contributed by atoms with Crippen LogP contribution in [0.3, 0.4) is 0 Å². The second-order valence-corrected chi connectivity index (χ2v) is 7.69. The highest BCUT2D eigenvalue weighted by Crippen LogP contribution is 2.39. The molecule has 2 N–H and O–H groups in total. The summed E-state index contributed by atoms with van der Waals surface area (Å²) in [6.45, 7) is 8.62. The summed E-state index contributed by atoms with van der Waals surface area (Å²) < 4.78 is 16.1. The first kappa shape index (κ1) is 22.9. The van der Waals surface area contributed by atoms with E-state index in [-0.39, 0.29) is 0 Å². The van der Waals surface area contributed by atoms with E-state index in [2.05, 4.69) is 0 Å². The van der Waals surface area contributed by atoms with Crippen LogP contribution in [0.5, 0.6) is 5.75 Å². The van der Waals surface area contributed by atoms with E-state index in [1.54, 1.807) is 52.0 Å². The minimum absolute atomic E-state index is 0.406. The predicted molar refractivity (Wildman–Crippen MR) is 113 cm³/mol. The third kappa shape index (κ3) is 5.15. The van der Waals surface area contributed by atoms with Crippen molar-refractivity contribution in [1.82, 2.24) is 0 Å². The first-order valence-electron chi connectivity index (χ1n) is 9.49. The van der Waals surface area contributed by atoms with Crippen molar-refractivity contribution in [3.63, 3.8) is 0 Å². The molecule has 0 unspecified atom stereocenters. The van der Waals surface area contributed by atoms with Gasteiger partial charge in [0.05, 0.1) is 18.8 Å². The molecule has 1 aromatic heterocycles. The van der Waals surface area contributed by atoms with E-state index >= 15 is 0 Å². The Hall–Kier alpha value is -2.41. The summed E-state index contributed by atoms with van der Waals surface area (Å²) >= 11 is 0. The Balaban J connectivity index is 2.02. The number of hydrogen-bond acceptors (Lipinski definition) is 6. The van der Waals surface area contributed by atoms with E-state index in [0.29, 0.717) is 17.1 Å². The number of ether oxygens (including phenoxy) is 2. The second kappa shape index (κ2) is 8.95. The summed E-state index contributed by atoms with van der Waals surface area (Å²) in [4.78, 5) is 11.7. The van der Waals surface area contributed by atoms with Crippen LogP contribution in [0.25, 0.3) is 6.08 Å². The van der Waals surface area contributed by atoms with Crippen molar-refractivity contribution in [1.29, 1.82) is 0 Å². The zero-order valence-electron chi connectivity index (χ0n) is 17.8. The summed E-state index contributed by atoms with van der Waals surface area (Å²) in [5, 5.41) is 20.7. The van der Waals surface area contributed by atoms with Crippen LogP contribution in [0, 0.1) is 6.92 Å². The highest BCUT2D eigenvalue weighted by atomic mass is 16.6. The van der Waals surface area contributed by atoms with Crippen molar-refractivity contribution in [2.24, 2.45) is 0 Å². The first-order chi connectivity index (χ1) is 13.5. The fraction of sp³-hybridized carbons (Fsp3) is 0.435. The monoisotopic (exact) mass is 402 g/mol. The molecule has 0 radical (unpaired) electrons. The van der Waals surface area contributed by atoms with Gasteiger partial charge in [0.2, 0.25) is 0 Å². The van der Waals surface area contributed by atoms with Gasteiger partial charge in [-0.2, -0.15) is 0 Å². The molecule has 1 aliphatic heterocycles. The van der Waals surface area contributed by atoms with Crippen molar-refractivity contribution in [2.75, 3.05) is 7.11 Å². The molecule has 2 heterocycles. The number of hydrogen-bond donors (Lipinski definition) is 2. The van der Waals surface area contributed by atoms with Crippen LogP contribution < -0.4 is 10.4 Å². The predicted octanol–water partition coefficient (Wildman–Crippen LogP) is 3.32. The normalized spacial score (nSPS) is 30.8. The Labute approximate surface area is 171 Å². The van der Waals surface area contributed by atoms with Crippen LogP contribution in [-0.4, -0.2) is 40.7 Å². The largest absolute Gasteiger partial charge is 0.496 e. The molecule has 0 aromatic carbocycles. The molecule has 1 aliphatic rings. The number of rotatable bonds is 6. The molecular weight excluding hydrogens is 372 g/mol. The Bertz CT molecular complexity index is 902. The van der Waals surface area contributed by atoms with Crippen molar-refractivity contribution in [3.8, 4) is 5.75 Å². The van der Waals surface area contributed by atoms with Crippen LogP contribution in [0.2, 0.25) is 0 Å². The van der Waals surface area contributed by atoms with Crippen LogP contribution in [-0.2, 0) is 4.74 Å². The number of aliphatic hydroxyl groups is 2. The summed E-state index contributed by atoms with van der Waals surface area (Å²) in [5.74, 6) is 0.896. The summed E-state index contributed by atoms with van der Waals surface area (Å²) in [6.07, 6.45) is 11.1. The van der Waals surface area contributed by atoms with Crippen molar-refractivity contribution < 1.29 is 24.1 Å². The Morgan fingerprint density at radius 1 is 1.24 bits per heavy atom. The van der Waals surface area contributed by atoms with Crippen molar-refractivity contribution in [3.05, 3.63) is 69.8 Å². The van der Waals surface area contributed by atoms with Gasteiger partial charge in [-0.3, -0.25) is 0 Å². The molecule has 1 saturated heterocycles. The molecule has 6 nitrogen and oxygen atoms in total. The standard InChI is InChI=1S/C23H30O6/c1-15(14-22(4)21(25)23(5,26)17(3)29-22)11-9-7-8-10-12-18-13-19(27-6)16(2)20(24)28-18/h7-14,17,21,25-26H,1-6H3/b8-7+,11-9+,12-10+,15-14+/t17-,21+,22+,23+/m0/s1. The Morgan fingerprint density at radius 3 is 2.48 bits per heavy atom. The molecule has 0 aliphatic carbocycles. The lowest BCUT2D eigenvalue weighted by Crippen LogP contribution is -2.47. The fourth-order valence-corrected chi connectivity index (χ4v) is 3.31. The Morgan fingerprint density at radius 2 is 1.90 bits per heavy atom. The van der Waals surface area contributed by atoms with E-state index in [9.17, 15) is 15.0 Å². The minimum Gasteiger partial charge on any atom is -0.496 e. The third-order valence-corrected chi connectivity index (χ3v) is 5.20. The molecule has 0 saturated carbocycles. The molecule has 4 atom stereocenters. The number of allylic oxidation sites excluding steroid dienone is 6. The lowest BCUT2D eigenvalue weighted by Gasteiger charge is -2.28. The fourth-order valence-electron chi connectivity index (χ4n) is 3.31. The maximum atomic E-state index is 11.7. The van der Waals surface area contributed by atoms with E-state index in [0.717, 1.165) is 5.57 Å². The van der Waals surface area contributed by atoms with E-state index in [1.807, 2.05) is 31.2 Å². The van der Waals surface area contributed by atoms with E-state index in [1.165, 1.54) is 7.11 Å². The molecular formula is C23H30O6. The maximum absolute atomic E-state index is 11.7. The van der Waals surface area contributed by atoms with Gasteiger partial charge in [0.15, 0.2) is 0 Å². The van der Waals surface area contributed by atoms with Gasteiger partial charge in [0, 0.05) is 6.07 Å². The quantitative estimate of drug-likeness (QED) is 0.710. The molecule has 29 heavy (non-hydrogen) atoms. The molecule has 158 valence electrons. The van der Waals surface area contributed by atoms with Gasteiger partial charge in [-0.05, 0) is 46.8 Å². The summed E-state index contributed by atoms with van der Waals surface area (Å²) in [6, 6.07) is 1.66. The zero-order chi connectivity index (χ0) is 21.8.